The van der Waals surface area contributed by atoms with E-state index >= 15 is 0 Å². The second-order valence-electron chi connectivity index (χ2n) is 6.94. The molecule has 0 aliphatic carbocycles. The molecule has 6 nitrogen and oxygen atoms in total. The van der Waals surface area contributed by atoms with E-state index in [1.165, 1.54) is 21.7 Å². The average Bonchev–Trinajstić information content (AvgIpc) is 2.99. The third-order valence-electron chi connectivity index (χ3n) is 4.91. The number of nitrogens with zero attached hydrogens (tertiary/aromatic N) is 5. The molecule has 0 bridgehead atoms. The van der Waals surface area contributed by atoms with Crippen molar-refractivity contribution in [2.75, 3.05) is 25.5 Å². The SMILES string of the molecule is CN(C)c1ccc(CN2CCc3c[n+](-c4ccccn4)n(O)c3C2)cc1. The van der Waals surface area contributed by atoms with Crippen LogP contribution in [0.1, 0.15) is 16.8 Å². The molecule has 3 heterocycles. The summed E-state index contributed by atoms with van der Waals surface area (Å²) in [5.74, 6) is 0.718. The Morgan fingerprint density at radius 3 is 2.65 bits per heavy atom. The zero-order chi connectivity index (χ0) is 18.1. The van der Waals surface area contributed by atoms with E-state index in [0.717, 1.165) is 37.6 Å². The molecule has 0 fully saturated rings. The molecule has 0 radical (unpaired) electrons. The Kier molecular flexibility index (Phi) is 4.34. The molecule has 1 N–H and O–H groups in total. The maximum absolute atomic E-state index is 10.6. The van der Waals surface area contributed by atoms with E-state index in [1.54, 1.807) is 10.9 Å². The Morgan fingerprint density at radius 1 is 1.15 bits per heavy atom. The van der Waals surface area contributed by atoms with Gasteiger partial charge in [-0.15, -0.1) is 0 Å². The molecule has 0 saturated heterocycles. The summed E-state index contributed by atoms with van der Waals surface area (Å²) >= 11 is 0. The van der Waals surface area contributed by atoms with Crippen LogP contribution >= 0.6 is 0 Å². The highest BCUT2D eigenvalue weighted by atomic mass is 16.5. The summed E-state index contributed by atoms with van der Waals surface area (Å²) in [6, 6.07) is 14.3. The van der Waals surface area contributed by atoms with Gasteiger partial charge in [0.1, 0.15) is 18.1 Å². The largest absolute Gasteiger partial charge is 0.398 e. The standard InChI is InChI=1S/C20H24N5O/c1-22(2)18-8-6-16(7-9-18)13-23-12-10-17-14-24(25(26)19(17)15-23)20-5-3-4-11-21-20/h3-9,11,14,26H,10,12-13,15H2,1-2H3/q+1. The van der Waals surface area contributed by atoms with Crippen molar-refractivity contribution in [1.82, 2.24) is 14.7 Å². The first kappa shape index (κ1) is 16.6. The van der Waals surface area contributed by atoms with Gasteiger partial charge in [-0.2, -0.15) is 0 Å². The first-order valence-electron chi connectivity index (χ1n) is 8.86. The van der Waals surface area contributed by atoms with E-state index in [1.807, 2.05) is 38.5 Å². The second-order valence-corrected chi connectivity index (χ2v) is 6.94. The van der Waals surface area contributed by atoms with Crippen molar-refractivity contribution in [2.45, 2.75) is 19.5 Å². The van der Waals surface area contributed by atoms with E-state index in [9.17, 15) is 5.21 Å². The average molecular weight is 350 g/mol. The van der Waals surface area contributed by atoms with Crippen LogP contribution in [0.2, 0.25) is 0 Å². The predicted octanol–water partition coefficient (Wildman–Crippen LogP) is 2.02. The summed E-state index contributed by atoms with van der Waals surface area (Å²) in [7, 11) is 4.10. The van der Waals surface area contributed by atoms with E-state index in [2.05, 4.69) is 39.0 Å². The van der Waals surface area contributed by atoms with Gasteiger partial charge in [0.05, 0.1) is 0 Å². The van der Waals surface area contributed by atoms with Gasteiger partial charge < -0.3 is 10.1 Å². The van der Waals surface area contributed by atoms with Gasteiger partial charge >= 0.3 is 5.82 Å². The maximum atomic E-state index is 10.6. The number of hydrogen-bond donors (Lipinski definition) is 1. The van der Waals surface area contributed by atoms with Crippen LogP contribution in [0.3, 0.4) is 0 Å². The predicted molar refractivity (Wildman–Crippen MR) is 99.5 cm³/mol. The highest BCUT2D eigenvalue weighted by Crippen LogP contribution is 2.21. The second kappa shape index (κ2) is 6.80. The van der Waals surface area contributed by atoms with Crippen LogP contribution in [0.15, 0.2) is 54.9 Å². The molecule has 26 heavy (non-hydrogen) atoms. The Bertz CT molecular complexity index is 887. The third-order valence-corrected chi connectivity index (χ3v) is 4.91. The van der Waals surface area contributed by atoms with Crippen LogP contribution in [0.25, 0.3) is 5.82 Å². The topological polar surface area (TPSA) is 48.4 Å². The number of anilines is 1. The van der Waals surface area contributed by atoms with Crippen molar-refractivity contribution in [3.63, 3.8) is 0 Å². The van der Waals surface area contributed by atoms with Crippen LogP contribution < -0.4 is 9.58 Å². The van der Waals surface area contributed by atoms with E-state index in [4.69, 9.17) is 0 Å². The fourth-order valence-corrected chi connectivity index (χ4v) is 3.42. The number of rotatable bonds is 4. The molecule has 6 heteroatoms. The molecule has 0 spiro atoms. The quantitative estimate of drug-likeness (QED) is 0.578. The summed E-state index contributed by atoms with van der Waals surface area (Å²) in [5.41, 5.74) is 4.60. The fraction of sp³-hybridized carbons (Fsp3) is 0.300. The lowest BCUT2D eigenvalue weighted by Gasteiger charge is -2.26. The van der Waals surface area contributed by atoms with Crippen molar-refractivity contribution >= 4 is 5.69 Å². The lowest BCUT2D eigenvalue weighted by atomic mass is 10.1. The summed E-state index contributed by atoms with van der Waals surface area (Å²) < 4.78 is 1.71. The van der Waals surface area contributed by atoms with Crippen molar-refractivity contribution in [1.29, 1.82) is 0 Å². The summed E-state index contributed by atoms with van der Waals surface area (Å²) in [6.07, 6.45) is 4.64. The van der Waals surface area contributed by atoms with Crippen LogP contribution in [-0.4, -0.2) is 40.6 Å². The zero-order valence-electron chi connectivity index (χ0n) is 15.2. The minimum Gasteiger partial charge on any atom is -0.398 e. The number of aromatic nitrogens is 3. The highest BCUT2D eigenvalue weighted by Gasteiger charge is 2.27. The molecule has 0 unspecified atom stereocenters. The smallest absolute Gasteiger partial charge is 0.349 e. The molecule has 0 saturated carbocycles. The zero-order valence-corrected chi connectivity index (χ0v) is 15.2. The fourth-order valence-electron chi connectivity index (χ4n) is 3.42. The molecule has 134 valence electrons. The monoisotopic (exact) mass is 350 g/mol. The minimum atomic E-state index is 0.718. The van der Waals surface area contributed by atoms with Crippen molar-refractivity contribution < 1.29 is 9.89 Å². The van der Waals surface area contributed by atoms with Crippen molar-refractivity contribution in [2.24, 2.45) is 0 Å². The van der Waals surface area contributed by atoms with Crippen LogP contribution in [0.4, 0.5) is 5.69 Å². The number of fused-ring (bicyclic) bond motifs is 1. The molecule has 0 amide bonds. The van der Waals surface area contributed by atoms with Gasteiger partial charge in [-0.25, -0.2) is 0 Å². The van der Waals surface area contributed by atoms with Crippen LogP contribution in [-0.2, 0) is 19.5 Å². The lowest BCUT2D eigenvalue weighted by Crippen LogP contribution is -2.41. The van der Waals surface area contributed by atoms with Crippen molar-refractivity contribution in [3.05, 3.63) is 71.7 Å². The van der Waals surface area contributed by atoms with E-state index in [0.29, 0.717) is 0 Å². The first-order valence-corrected chi connectivity index (χ1v) is 8.86. The molecule has 4 rings (SSSR count). The van der Waals surface area contributed by atoms with Gasteiger partial charge in [-0.05, 0) is 40.0 Å². The molecule has 2 aromatic heterocycles. The number of benzene rings is 1. The van der Waals surface area contributed by atoms with Gasteiger partial charge in [0.15, 0.2) is 0 Å². The van der Waals surface area contributed by atoms with Crippen LogP contribution in [0, 0.1) is 0 Å². The van der Waals surface area contributed by atoms with Gasteiger partial charge in [0, 0.05) is 51.0 Å². The molecule has 3 aromatic rings. The molecular weight excluding hydrogens is 326 g/mol. The summed E-state index contributed by atoms with van der Waals surface area (Å²) in [6.45, 7) is 2.58. The lowest BCUT2D eigenvalue weighted by molar-refractivity contribution is -0.720. The van der Waals surface area contributed by atoms with Gasteiger partial charge in [0.2, 0.25) is 0 Å². The Labute approximate surface area is 153 Å². The Hall–Kier alpha value is -2.86. The number of hydrogen-bond acceptors (Lipinski definition) is 4. The molecule has 1 aliphatic heterocycles. The normalized spacial score (nSPS) is 14.2. The number of pyridine rings is 1. The third kappa shape index (κ3) is 3.15. The highest BCUT2D eigenvalue weighted by molar-refractivity contribution is 5.46. The summed E-state index contributed by atoms with van der Waals surface area (Å²) in [5, 5.41) is 10.6. The summed E-state index contributed by atoms with van der Waals surface area (Å²) in [4.78, 5) is 10.0. The molecule has 0 atom stereocenters. The van der Waals surface area contributed by atoms with Gasteiger partial charge in [-0.1, -0.05) is 22.9 Å². The first-order chi connectivity index (χ1) is 12.6. The molecule has 1 aliphatic rings. The molecular formula is C20H24N5O+. The van der Waals surface area contributed by atoms with Gasteiger partial charge in [-0.3, -0.25) is 4.90 Å². The van der Waals surface area contributed by atoms with Gasteiger partial charge in [0.25, 0.3) is 0 Å². The molecule has 1 aromatic carbocycles. The van der Waals surface area contributed by atoms with Crippen molar-refractivity contribution in [3.8, 4) is 5.82 Å². The Morgan fingerprint density at radius 2 is 1.96 bits per heavy atom. The van der Waals surface area contributed by atoms with E-state index in [-0.39, 0.29) is 0 Å². The minimum absolute atomic E-state index is 0.718. The maximum Gasteiger partial charge on any atom is 0.349 e. The van der Waals surface area contributed by atoms with E-state index < -0.39 is 0 Å². The Balaban J connectivity index is 1.52. The van der Waals surface area contributed by atoms with Crippen LogP contribution in [0.5, 0.6) is 0 Å².